The van der Waals surface area contributed by atoms with Crippen molar-refractivity contribution in [3.63, 3.8) is 0 Å². The molecule has 0 aromatic heterocycles. The largest absolute Gasteiger partial charge is 0.490 e. The molecule has 0 saturated heterocycles. The number of carbonyl (C=O) groups is 2. The van der Waals surface area contributed by atoms with Gasteiger partial charge in [-0.3, -0.25) is 4.79 Å². The van der Waals surface area contributed by atoms with Gasteiger partial charge < -0.3 is 9.84 Å². The van der Waals surface area contributed by atoms with Gasteiger partial charge in [0.1, 0.15) is 0 Å². The van der Waals surface area contributed by atoms with Gasteiger partial charge in [-0.15, -0.1) is 6.58 Å². The number of alkyl halides is 3. The number of methoxy groups -OCH3 is 1. The predicted molar refractivity (Wildman–Crippen MR) is 54.3 cm³/mol. The zero-order valence-electron chi connectivity index (χ0n) is 9.58. The molecule has 0 rings (SSSR count). The van der Waals surface area contributed by atoms with Gasteiger partial charge in [0.05, 0.1) is 13.0 Å². The number of ether oxygens (including phenoxy) is 1. The zero-order chi connectivity index (χ0) is 14.1. The number of hydrogen-bond donors (Lipinski definition) is 1. The molecular weight excluding hydrogens is 241 g/mol. The highest BCUT2D eigenvalue weighted by atomic mass is 19.4. The molecule has 1 N–H and O–H groups in total. The molecule has 0 saturated carbocycles. The SMILES string of the molecule is C=CCC(CC)C(=O)O.COC(=O)C(F)(F)F. The average molecular weight is 256 g/mol. The first-order valence-corrected chi connectivity index (χ1v) is 4.69. The lowest BCUT2D eigenvalue weighted by Gasteiger charge is -2.03. The molecule has 4 nitrogen and oxygen atoms in total. The number of hydrogen-bond acceptors (Lipinski definition) is 3. The third-order valence-electron chi connectivity index (χ3n) is 1.71. The topological polar surface area (TPSA) is 63.6 Å². The third kappa shape index (κ3) is 9.40. The first-order valence-electron chi connectivity index (χ1n) is 4.69. The van der Waals surface area contributed by atoms with Crippen LogP contribution in [-0.4, -0.2) is 30.3 Å². The summed E-state index contributed by atoms with van der Waals surface area (Å²) in [6.45, 7) is 5.33. The fourth-order valence-corrected chi connectivity index (χ4v) is 0.759. The summed E-state index contributed by atoms with van der Waals surface area (Å²) in [5.41, 5.74) is 0. The molecule has 7 heteroatoms. The summed E-state index contributed by atoms with van der Waals surface area (Å²) in [5, 5.41) is 8.46. The van der Waals surface area contributed by atoms with Gasteiger partial charge in [0, 0.05) is 0 Å². The Bertz CT molecular complexity index is 261. The van der Waals surface area contributed by atoms with Crippen molar-refractivity contribution >= 4 is 11.9 Å². The van der Waals surface area contributed by atoms with Crippen LogP contribution in [0, 0.1) is 5.92 Å². The molecule has 100 valence electrons. The molecule has 0 amide bonds. The van der Waals surface area contributed by atoms with E-state index in [1.807, 2.05) is 6.92 Å². The van der Waals surface area contributed by atoms with E-state index in [1.165, 1.54) is 0 Å². The van der Waals surface area contributed by atoms with Crippen LogP contribution in [0.4, 0.5) is 13.2 Å². The van der Waals surface area contributed by atoms with Gasteiger partial charge in [0.15, 0.2) is 0 Å². The van der Waals surface area contributed by atoms with E-state index in [0.29, 0.717) is 20.0 Å². The third-order valence-corrected chi connectivity index (χ3v) is 1.71. The van der Waals surface area contributed by atoms with E-state index in [2.05, 4.69) is 11.3 Å². The first-order chi connectivity index (χ1) is 7.70. The summed E-state index contributed by atoms with van der Waals surface area (Å²) in [6.07, 6.45) is -1.95. The van der Waals surface area contributed by atoms with E-state index in [1.54, 1.807) is 6.08 Å². The second-order valence-corrected chi connectivity index (χ2v) is 2.96. The molecule has 0 radical (unpaired) electrons. The molecule has 0 spiro atoms. The summed E-state index contributed by atoms with van der Waals surface area (Å²) >= 11 is 0. The lowest BCUT2D eigenvalue weighted by molar-refractivity contribution is -0.196. The van der Waals surface area contributed by atoms with Crippen molar-refractivity contribution < 1.29 is 32.6 Å². The maximum atomic E-state index is 11.0. The number of rotatable bonds is 4. The summed E-state index contributed by atoms with van der Waals surface area (Å²) < 4.78 is 36.3. The minimum absolute atomic E-state index is 0.234. The minimum Gasteiger partial charge on any atom is -0.481 e. The highest BCUT2D eigenvalue weighted by Crippen LogP contribution is 2.15. The summed E-state index contributed by atoms with van der Waals surface area (Å²) in [4.78, 5) is 19.8. The normalized spacial score (nSPS) is 11.8. The van der Waals surface area contributed by atoms with Gasteiger partial charge in [0.25, 0.3) is 0 Å². The molecule has 17 heavy (non-hydrogen) atoms. The molecule has 0 aromatic carbocycles. The number of carboxylic acid groups (broad SMARTS) is 1. The molecule has 1 atom stereocenters. The van der Waals surface area contributed by atoms with Crippen LogP contribution in [0.1, 0.15) is 19.8 Å². The van der Waals surface area contributed by atoms with Gasteiger partial charge in [-0.25, -0.2) is 4.79 Å². The van der Waals surface area contributed by atoms with Crippen LogP contribution in [0.3, 0.4) is 0 Å². The number of halogens is 3. The van der Waals surface area contributed by atoms with Crippen LogP contribution in [0.2, 0.25) is 0 Å². The van der Waals surface area contributed by atoms with Crippen LogP contribution in [-0.2, 0) is 14.3 Å². The maximum absolute atomic E-state index is 11.0. The number of carbonyl (C=O) groups excluding carboxylic acids is 1. The molecule has 0 bridgehead atoms. The summed E-state index contributed by atoms with van der Waals surface area (Å²) in [5.74, 6) is -3.13. The number of esters is 1. The average Bonchev–Trinajstić information content (AvgIpc) is 2.23. The van der Waals surface area contributed by atoms with E-state index >= 15 is 0 Å². The van der Waals surface area contributed by atoms with Crippen LogP contribution in [0.15, 0.2) is 12.7 Å². The predicted octanol–water partition coefficient (Wildman–Crippen LogP) is 2.40. The van der Waals surface area contributed by atoms with Gasteiger partial charge in [-0.1, -0.05) is 13.0 Å². The Balaban J connectivity index is 0. The Kier molecular flexibility index (Phi) is 9.03. The number of aliphatic carboxylic acids is 1. The molecule has 0 aliphatic heterocycles. The number of carboxylic acids is 1. The Hall–Kier alpha value is -1.53. The van der Waals surface area contributed by atoms with Gasteiger partial charge in [-0.05, 0) is 12.8 Å². The first kappa shape index (κ1) is 17.9. The van der Waals surface area contributed by atoms with Gasteiger partial charge in [0.2, 0.25) is 0 Å². The molecule has 1 unspecified atom stereocenters. The van der Waals surface area contributed by atoms with Gasteiger partial charge >= 0.3 is 18.1 Å². The zero-order valence-corrected chi connectivity index (χ0v) is 9.58. The Morgan fingerprint density at radius 1 is 1.47 bits per heavy atom. The molecule has 0 fully saturated rings. The van der Waals surface area contributed by atoms with Crippen LogP contribution in [0.25, 0.3) is 0 Å². The fourth-order valence-electron chi connectivity index (χ4n) is 0.759. The van der Waals surface area contributed by atoms with Crippen molar-refractivity contribution in [2.45, 2.75) is 25.9 Å². The van der Waals surface area contributed by atoms with Crippen molar-refractivity contribution in [2.75, 3.05) is 7.11 Å². The van der Waals surface area contributed by atoms with Crippen molar-refractivity contribution in [3.05, 3.63) is 12.7 Å². The van der Waals surface area contributed by atoms with Crippen molar-refractivity contribution in [2.24, 2.45) is 5.92 Å². The van der Waals surface area contributed by atoms with E-state index < -0.39 is 18.1 Å². The Labute approximate surface area is 97.1 Å². The van der Waals surface area contributed by atoms with Crippen molar-refractivity contribution in [1.29, 1.82) is 0 Å². The lowest BCUT2D eigenvalue weighted by Crippen LogP contribution is -2.23. The summed E-state index contributed by atoms with van der Waals surface area (Å²) in [7, 11) is 0.676. The van der Waals surface area contributed by atoms with Gasteiger partial charge in [-0.2, -0.15) is 13.2 Å². The van der Waals surface area contributed by atoms with E-state index in [0.717, 1.165) is 0 Å². The molecule has 0 aromatic rings. The second kappa shape index (κ2) is 8.60. The van der Waals surface area contributed by atoms with E-state index in [-0.39, 0.29) is 5.92 Å². The Morgan fingerprint density at radius 3 is 2.00 bits per heavy atom. The fraction of sp³-hybridized carbons (Fsp3) is 0.600. The van der Waals surface area contributed by atoms with Crippen LogP contribution in [0.5, 0.6) is 0 Å². The second-order valence-electron chi connectivity index (χ2n) is 2.96. The van der Waals surface area contributed by atoms with Crippen LogP contribution < -0.4 is 0 Å². The monoisotopic (exact) mass is 256 g/mol. The van der Waals surface area contributed by atoms with Crippen molar-refractivity contribution in [3.8, 4) is 0 Å². The molecule has 0 heterocycles. The quantitative estimate of drug-likeness (QED) is 0.619. The van der Waals surface area contributed by atoms with Crippen molar-refractivity contribution in [1.82, 2.24) is 0 Å². The van der Waals surface area contributed by atoms with E-state index in [4.69, 9.17) is 5.11 Å². The standard InChI is InChI=1S/C7H12O2.C3H3F3O2/c1-3-5-6(4-2)7(8)9;1-8-2(7)3(4,5)6/h3,6H,1,4-5H2,2H3,(H,8,9);1H3. The maximum Gasteiger partial charge on any atom is 0.490 e. The Morgan fingerprint density at radius 2 is 1.94 bits per heavy atom. The number of allylic oxidation sites excluding steroid dienone is 1. The minimum atomic E-state index is -4.85. The lowest BCUT2D eigenvalue weighted by atomic mass is 10.0. The highest BCUT2D eigenvalue weighted by molar-refractivity contribution is 5.75. The molecular formula is C10H15F3O4. The van der Waals surface area contributed by atoms with Crippen LogP contribution >= 0.6 is 0 Å². The molecule has 0 aliphatic carbocycles. The smallest absolute Gasteiger partial charge is 0.481 e. The highest BCUT2D eigenvalue weighted by Gasteiger charge is 2.39. The molecule has 0 aliphatic rings. The van der Waals surface area contributed by atoms with E-state index in [9.17, 15) is 22.8 Å². The summed E-state index contributed by atoms with van der Waals surface area (Å²) in [6, 6.07) is 0.